The standard InChI is InChI=1S/C20H24F2N2O/c1-15(16-5-3-2-4-6-16)13-20(25)24-11-9-23(10-12-24)17-7-8-18(21)19(22)14-17/h2-8,14-15,20,25H,9-13H2,1H3. The minimum atomic E-state index is -0.826. The van der Waals surface area contributed by atoms with Crippen LogP contribution in [0.15, 0.2) is 48.5 Å². The summed E-state index contributed by atoms with van der Waals surface area (Å²) in [5.74, 6) is -1.37. The van der Waals surface area contributed by atoms with Crippen molar-refractivity contribution in [3.05, 3.63) is 65.7 Å². The summed E-state index contributed by atoms with van der Waals surface area (Å²) in [6.45, 7) is 4.88. The molecule has 25 heavy (non-hydrogen) atoms. The largest absolute Gasteiger partial charge is 0.378 e. The Hall–Kier alpha value is -1.98. The van der Waals surface area contributed by atoms with Crippen molar-refractivity contribution in [1.29, 1.82) is 0 Å². The molecule has 3 nitrogen and oxygen atoms in total. The topological polar surface area (TPSA) is 26.7 Å². The molecule has 2 aromatic carbocycles. The number of hydrogen-bond acceptors (Lipinski definition) is 3. The van der Waals surface area contributed by atoms with E-state index in [-0.39, 0.29) is 5.92 Å². The molecule has 5 heteroatoms. The minimum absolute atomic E-state index is 0.278. The Kier molecular flexibility index (Phi) is 5.66. The van der Waals surface area contributed by atoms with Crippen LogP contribution in [0.5, 0.6) is 0 Å². The number of benzene rings is 2. The molecule has 0 radical (unpaired) electrons. The summed E-state index contributed by atoms with van der Waals surface area (Å²) in [7, 11) is 0. The maximum absolute atomic E-state index is 13.4. The van der Waals surface area contributed by atoms with Gasteiger partial charge in [-0.2, -0.15) is 0 Å². The third kappa shape index (κ3) is 4.35. The summed E-state index contributed by atoms with van der Waals surface area (Å²) >= 11 is 0. The van der Waals surface area contributed by atoms with Gasteiger partial charge in [-0.1, -0.05) is 37.3 Å². The van der Waals surface area contributed by atoms with E-state index < -0.39 is 17.9 Å². The highest BCUT2D eigenvalue weighted by Gasteiger charge is 2.24. The molecular formula is C20H24F2N2O. The fraction of sp³-hybridized carbons (Fsp3) is 0.400. The SMILES string of the molecule is CC(CC(O)N1CCN(c2ccc(F)c(F)c2)CC1)c1ccccc1. The van der Waals surface area contributed by atoms with E-state index in [2.05, 4.69) is 24.0 Å². The predicted molar refractivity (Wildman–Crippen MR) is 95.6 cm³/mol. The Balaban J connectivity index is 1.53. The maximum Gasteiger partial charge on any atom is 0.160 e. The number of aliphatic hydroxyl groups excluding tert-OH is 1. The first kappa shape index (κ1) is 17.8. The van der Waals surface area contributed by atoms with Gasteiger partial charge in [-0.05, 0) is 30.0 Å². The van der Waals surface area contributed by atoms with Crippen molar-refractivity contribution in [2.75, 3.05) is 31.1 Å². The second kappa shape index (κ2) is 7.93. The van der Waals surface area contributed by atoms with E-state index >= 15 is 0 Å². The first-order valence-corrected chi connectivity index (χ1v) is 8.71. The second-order valence-corrected chi connectivity index (χ2v) is 6.65. The molecule has 1 heterocycles. The van der Waals surface area contributed by atoms with Crippen molar-refractivity contribution in [3.63, 3.8) is 0 Å². The molecule has 0 spiro atoms. The number of aliphatic hydroxyl groups is 1. The zero-order chi connectivity index (χ0) is 17.8. The molecule has 2 unspecified atom stereocenters. The zero-order valence-corrected chi connectivity index (χ0v) is 14.4. The third-order valence-corrected chi connectivity index (χ3v) is 4.94. The minimum Gasteiger partial charge on any atom is -0.378 e. The summed E-state index contributed by atoms with van der Waals surface area (Å²) < 4.78 is 26.5. The summed E-state index contributed by atoms with van der Waals surface area (Å²) in [5, 5.41) is 10.5. The number of anilines is 1. The van der Waals surface area contributed by atoms with Crippen LogP contribution < -0.4 is 4.90 Å². The number of piperazine rings is 1. The van der Waals surface area contributed by atoms with Crippen LogP contribution in [-0.4, -0.2) is 42.4 Å². The molecule has 0 saturated carbocycles. The first-order chi connectivity index (χ1) is 12.0. The Morgan fingerprint density at radius 3 is 2.28 bits per heavy atom. The average molecular weight is 346 g/mol. The summed E-state index contributed by atoms with van der Waals surface area (Å²) in [6.07, 6.45) is 0.178. The zero-order valence-electron chi connectivity index (χ0n) is 14.4. The van der Waals surface area contributed by atoms with E-state index in [9.17, 15) is 13.9 Å². The molecule has 3 rings (SSSR count). The molecule has 134 valence electrons. The van der Waals surface area contributed by atoms with Gasteiger partial charge in [-0.3, -0.25) is 4.90 Å². The second-order valence-electron chi connectivity index (χ2n) is 6.65. The highest BCUT2D eigenvalue weighted by atomic mass is 19.2. The van der Waals surface area contributed by atoms with Crippen LogP contribution in [0.4, 0.5) is 14.5 Å². The van der Waals surface area contributed by atoms with Crippen molar-refractivity contribution in [1.82, 2.24) is 4.90 Å². The quantitative estimate of drug-likeness (QED) is 0.896. The lowest BCUT2D eigenvalue weighted by Gasteiger charge is -2.39. The van der Waals surface area contributed by atoms with Crippen molar-refractivity contribution in [2.24, 2.45) is 0 Å². The van der Waals surface area contributed by atoms with Gasteiger partial charge < -0.3 is 10.0 Å². The number of rotatable bonds is 5. The van der Waals surface area contributed by atoms with Crippen LogP contribution in [0.2, 0.25) is 0 Å². The molecule has 0 aliphatic carbocycles. The van der Waals surface area contributed by atoms with E-state index in [1.165, 1.54) is 11.6 Å². The van der Waals surface area contributed by atoms with E-state index in [0.29, 0.717) is 38.3 Å². The fourth-order valence-corrected chi connectivity index (χ4v) is 3.34. The highest BCUT2D eigenvalue weighted by Crippen LogP contribution is 2.24. The molecule has 2 atom stereocenters. The van der Waals surface area contributed by atoms with Gasteiger partial charge in [0.15, 0.2) is 11.6 Å². The van der Waals surface area contributed by atoms with Gasteiger partial charge in [0.2, 0.25) is 0 Å². The smallest absolute Gasteiger partial charge is 0.160 e. The maximum atomic E-state index is 13.4. The average Bonchev–Trinajstić information content (AvgIpc) is 2.65. The normalized spacial score (nSPS) is 18.2. The predicted octanol–water partition coefficient (Wildman–Crippen LogP) is 3.60. The Bertz CT molecular complexity index is 687. The molecule has 0 bridgehead atoms. The van der Waals surface area contributed by atoms with Crippen LogP contribution in [0.25, 0.3) is 0 Å². The highest BCUT2D eigenvalue weighted by molar-refractivity contribution is 5.47. The van der Waals surface area contributed by atoms with Crippen LogP contribution in [0.3, 0.4) is 0 Å². The summed E-state index contributed by atoms with van der Waals surface area (Å²) in [5.41, 5.74) is 1.91. The van der Waals surface area contributed by atoms with Gasteiger partial charge in [0.05, 0.1) is 0 Å². The van der Waals surface area contributed by atoms with E-state index in [1.54, 1.807) is 6.07 Å². The van der Waals surface area contributed by atoms with Gasteiger partial charge in [0.25, 0.3) is 0 Å². The molecule has 1 fully saturated rings. The van der Waals surface area contributed by atoms with Crippen LogP contribution >= 0.6 is 0 Å². The molecule has 1 aliphatic rings. The number of halogens is 2. The van der Waals surface area contributed by atoms with E-state index in [1.807, 2.05) is 23.1 Å². The van der Waals surface area contributed by atoms with E-state index in [4.69, 9.17) is 0 Å². The summed E-state index contributed by atoms with van der Waals surface area (Å²) in [4.78, 5) is 4.07. The molecule has 2 aromatic rings. The molecule has 1 aliphatic heterocycles. The van der Waals surface area contributed by atoms with Crippen molar-refractivity contribution in [3.8, 4) is 0 Å². The van der Waals surface area contributed by atoms with Crippen molar-refractivity contribution in [2.45, 2.75) is 25.5 Å². The number of hydrogen-bond donors (Lipinski definition) is 1. The molecule has 1 saturated heterocycles. The Morgan fingerprint density at radius 1 is 0.960 bits per heavy atom. The van der Waals surface area contributed by atoms with Gasteiger partial charge in [0.1, 0.15) is 6.23 Å². The Labute approximate surface area is 147 Å². The Morgan fingerprint density at radius 2 is 1.64 bits per heavy atom. The lowest BCUT2D eigenvalue weighted by atomic mass is 9.96. The third-order valence-electron chi connectivity index (χ3n) is 4.94. The van der Waals surface area contributed by atoms with Gasteiger partial charge in [-0.15, -0.1) is 0 Å². The van der Waals surface area contributed by atoms with Crippen LogP contribution in [0, 0.1) is 11.6 Å². The van der Waals surface area contributed by atoms with E-state index in [0.717, 1.165) is 6.07 Å². The van der Waals surface area contributed by atoms with Crippen molar-refractivity contribution < 1.29 is 13.9 Å². The number of nitrogens with zero attached hydrogens (tertiary/aromatic N) is 2. The first-order valence-electron chi connectivity index (χ1n) is 8.71. The summed E-state index contributed by atoms with van der Waals surface area (Å²) in [6, 6.07) is 14.2. The molecular weight excluding hydrogens is 322 g/mol. The van der Waals surface area contributed by atoms with Gasteiger partial charge >= 0.3 is 0 Å². The van der Waals surface area contributed by atoms with Gasteiger partial charge in [0, 0.05) is 37.9 Å². The lowest BCUT2D eigenvalue weighted by molar-refractivity contribution is -0.00931. The van der Waals surface area contributed by atoms with Gasteiger partial charge in [-0.25, -0.2) is 8.78 Å². The fourth-order valence-electron chi connectivity index (χ4n) is 3.34. The monoisotopic (exact) mass is 346 g/mol. The molecule has 1 N–H and O–H groups in total. The van der Waals surface area contributed by atoms with Crippen molar-refractivity contribution >= 4 is 5.69 Å². The van der Waals surface area contributed by atoms with Crippen LogP contribution in [-0.2, 0) is 0 Å². The molecule has 0 aromatic heterocycles. The van der Waals surface area contributed by atoms with Crippen LogP contribution in [0.1, 0.15) is 24.8 Å². The molecule has 0 amide bonds. The lowest BCUT2D eigenvalue weighted by Crippen LogP contribution is -2.50.